The van der Waals surface area contributed by atoms with Gasteiger partial charge < -0.3 is 4.74 Å². The van der Waals surface area contributed by atoms with E-state index in [2.05, 4.69) is 6.07 Å². The molecule has 0 heterocycles. The standard InChI is InChI=1S/C13H15NO2/c1-7-8(2)11(6-14)10(4)12(9(7)3)13(15)16-5/h1-5H3. The molecule has 0 atom stereocenters. The van der Waals surface area contributed by atoms with Crippen molar-refractivity contribution >= 4 is 5.97 Å². The number of esters is 1. The maximum Gasteiger partial charge on any atom is 0.338 e. The number of carbonyl (C=O) groups is 1. The SMILES string of the molecule is COC(=O)c1c(C)c(C)c(C)c(C#N)c1C. The van der Waals surface area contributed by atoms with Gasteiger partial charge in [0.25, 0.3) is 0 Å². The monoisotopic (exact) mass is 217 g/mol. The lowest BCUT2D eigenvalue weighted by Gasteiger charge is -2.15. The molecule has 0 fully saturated rings. The molecule has 0 amide bonds. The van der Waals surface area contributed by atoms with Crippen LogP contribution in [0.1, 0.15) is 38.2 Å². The second-order valence-electron chi connectivity index (χ2n) is 3.85. The van der Waals surface area contributed by atoms with Crippen LogP contribution in [0.2, 0.25) is 0 Å². The number of hydrogen-bond donors (Lipinski definition) is 0. The molecule has 1 aromatic carbocycles. The summed E-state index contributed by atoms with van der Waals surface area (Å²) < 4.78 is 4.74. The predicted octanol–water partition coefficient (Wildman–Crippen LogP) is 2.58. The van der Waals surface area contributed by atoms with Crippen LogP contribution in [0.3, 0.4) is 0 Å². The fourth-order valence-electron chi connectivity index (χ4n) is 1.92. The lowest BCUT2D eigenvalue weighted by atomic mass is 9.89. The number of nitrogens with zero attached hydrogens (tertiary/aromatic N) is 1. The van der Waals surface area contributed by atoms with Crippen molar-refractivity contribution in [1.29, 1.82) is 5.26 Å². The van der Waals surface area contributed by atoms with Crippen LogP contribution in [0.4, 0.5) is 0 Å². The summed E-state index contributed by atoms with van der Waals surface area (Å²) in [7, 11) is 1.35. The summed E-state index contributed by atoms with van der Waals surface area (Å²) >= 11 is 0. The van der Waals surface area contributed by atoms with Gasteiger partial charge in [0.1, 0.15) is 0 Å². The molecule has 0 saturated heterocycles. The number of methoxy groups -OCH3 is 1. The Kier molecular flexibility index (Phi) is 3.34. The zero-order valence-corrected chi connectivity index (χ0v) is 10.3. The van der Waals surface area contributed by atoms with Crippen LogP contribution in [-0.2, 0) is 4.74 Å². The Morgan fingerprint density at radius 2 is 1.62 bits per heavy atom. The normalized spacial score (nSPS) is 9.75. The highest BCUT2D eigenvalue weighted by Gasteiger charge is 2.19. The van der Waals surface area contributed by atoms with Gasteiger partial charge in [-0.1, -0.05) is 0 Å². The molecule has 0 aromatic heterocycles. The predicted molar refractivity (Wildman–Crippen MR) is 61.4 cm³/mol. The summed E-state index contributed by atoms with van der Waals surface area (Å²) in [4.78, 5) is 11.7. The average molecular weight is 217 g/mol. The van der Waals surface area contributed by atoms with Gasteiger partial charge in [0.15, 0.2) is 0 Å². The Morgan fingerprint density at radius 3 is 2.06 bits per heavy atom. The van der Waals surface area contributed by atoms with Crippen LogP contribution in [0.15, 0.2) is 0 Å². The third-order valence-corrected chi connectivity index (χ3v) is 3.13. The van der Waals surface area contributed by atoms with Gasteiger partial charge in [-0.2, -0.15) is 5.26 Å². The molecule has 0 radical (unpaired) electrons. The van der Waals surface area contributed by atoms with E-state index >= 15 is 0 Å². The lowest BCUT2D eigenvalue weighted by Crippen LogP contribution is -2.11. The van der Waals surface area contributed by atoms with Crippen molar-refractivity contribution in [2.45, 2.75) is 27.7 Å². The molecule has 0 saturated carbocycles. The molecular formula is C13H15NO2. The molecule has 0 unspecified atom stereocenters. The molecule has 16 heavy (non-hydrogen) atoms. The van der Waals surface area contributed by atoms with E-state index in [1.807, 2.05) is 20.8 Å². The first kappa shape index (κ1) is 12.3. The molecule has 0 aliphatic heterocycles. The molecular weight excluding hydrogens is 202 g/mol. The van der Waals surface area contributed by atoms with Crippen LogP contribution in [0.5, 0.6) is 0 Å². The minimum absolute atomic E-state index is 0.380. The van der Waals surface area contributed by atoms with E-state index in [-0.39, 0.29) is 5.97 Å². The summed E-state index contributed by atoms with van der Waals surface area (Å²) in [5.41, 5.74) is 4.59. The molecule has 0 bridgehead atoms. The topological polar surface area (TPSA) is 50.1 Å². The molecule has 84 valence electrons. The minimum atomic E-state index is -0.380. The Balaban J connectivity index is 3.70. The summed E-state index contributed by atoms with van der Waals surface area (Å²) in [6.07, 6.45) is 0. The van der Waals surface area contributed by atoms with E-state index in [0.717, 1.165) is 16.7 Å². The van der Waals surface area contributed by atoms with E-state index in [9.17, 15) is 4.79 Å². The molecule has 1 rings (SSSR count). The number of hydrogen-bond acceptors (Lipinski definition) is 3. The van der Waals surface area contributed by atoms with Gasteiger partial charge in [-0.25, -0.2) is 4.79 Å². The van der Waals surface area contributed by atoms with Crippen molar-refractivity contribution in [2.75, 3.05) is 7.11 Å². The smallest absolute Gasteiger partial charge is 0.338 e. The maximum absolute atomic E-state index is 11.7. The van der Waals surface area contributed by atoms with Crippen LogP contribution in [0.25, 0.3) is 0 Å². The van der Waals surface area contributed by atoms with E-state index in [1.165, 1.54) is 7.11 Å². The summed E-state index contributed by atoms with van der Waals surface area (Å²) in [5.74, 6) is -0.380. The molecule has 0 aliphatic carbocycles. The molecule has 0 N–H and O–H groups in total. The van der Waals surface area contributed by atoms with Crippen molar-refractivity contribution in [3.63, 3.8) is 0 Å². The first-order valence-corrected chi connectivity index (χ1v) is 5.04. The number of rotatable bonds is 1. The Bertz CT molecular complexity index is 496. The zero-order chi connectivity index (χ0) is 12.5. The highest BCUT2D eigenvalue weighted by Crippen LogP contribution is 2.26. The van der Waals surface area contributed by atoms with Gasteiger partial charge >= 0.3 is 5.97 Å². The van der Waals surface area contributed by atoms with E-state index < -0.39 is 0 Å². The molecule has 0 aliphatic rings. The van der Waals surface area contributed by atoms with E-state index in [1.54, 1.807) is 6.92 Å². The zero-order valence-electron chi connectivity index (χ0n) is 10.3. The quantitative estimate of drug-likeness (QED) is 0.679. The molecule has 0 spiro atoms. The lowest BCUT2D eigenvalue weighted by molar-refractivity contribution is 0.0599. The molecule has 1 aromatic rings. The summed E-state index contributed by atoms with van der Waals surface area (Å²) in [6, 6.07) is 2.14. The van der Waals surface area contributed by atoms with E-state index in [4.69, 9.17) is 10.00 Å². The number of benzene rings is 1. The van der Waals surface area contributed by atoms with Crippen molar-refractivity contribution < 1.29 is 9.53 Å². The van der Waals surface area contributed by atoms with Crippen molar-refractivity contribution in [3.8, 4) is 6.07 Å². The molecule has 3 heteroatoms. The summed E-state index contributed by atoms with van der Waals surface area (Å²) in [6.45, 7) is 7.47. The Morgan fingerprint density at radius 1 is 1.06 bits per heavy atom. The third-order valence-electron chi connectivity index (χ3n) is 3.13. The van der Waals surface area contributed by atoms with Gasteiger partial charge in [0.05, 0.1) is 24.3 Å². The van der Waals surface area contributed by atoms with Crippen molar-refractivity contribution in [2.24, 2.45) is 0 Å². The van der Waals surface area contributed by atoms with Crippen molar-refractivity contribution in [3.05, 3.63) is 33.4 Å². The fourth-order valence-corrected chi connectivity index (χ4v) is 1.92. The van der Waals surface area contributed by atoms with Crippen LogP contribution < -0.4 is 0 Å². The highest BCUT2D eigenvalue weighted by atomic mass is 16.5. The van der Waals surface area contributed by atoms with Gasteiger partial charge in [0.2, 0.25) is 0 Å². The summed E-state index contributed by atoms with van der Waals surface area (Å²) in [5, 5.41) is 9.09. The number of nitriles is 1. The van der Waals surface area contributed by atoms with Crippen molar-refractivity contribution in [1.82, 2.24) is 0 Å². The second kappa shape index (κ2) is 4.36. The van der Waals surface area contributed by atoms with Gasteiger partial charge in [-0.3, -0.25) is 0 Å². The van der Waals surface area contributed by atoms with E-state index in [0.29, 0.717) is 16.7 Å². The fraction of sp³-hybridized carbons (Fsp3) is 0.385. The Labute approximate surface area is 95.7 Å². The van der Waals surface area contributed by atoms with Gasteiger partial charge in [0, 0.05) is 0 Å². The second-order valence-corrected chi connectivity index (χ2v) is 3.85. The van der Waals surface area contributed by atoms with Gasteiger partial charge in [-0.05, 0) is 49.9 Å². The Hall–Kier alpha value is -1.82. The van der Waals surface area contributed by atoms with Crippen LogP contribution in [-0.4, -0.2) is 13.1 Å². The maximum atomic E-state index is 11.7. The first-order valence-electron chi connectivity index (χ1n) is 5.04. The van der Waals surface area contributed by atoms with Crippen LogP contribution >= 0.6 is 0 Å². The molecule has 3 nitrogen and oxygen atoms in total. The minimum Gasteiger partial charge on any atom is -0.465 e. The number of ether oxygens (including phenoxy) is 1. The third kappa shape index (κ3) is 1.67. The average Bonchev–Trinajstić information content (AvgIpc) is 2.27. The highest BCUT2D eigenvalue weighted by molar-refractivity contribution is 5.94. The van der Waals surface area contributed by atoms with Crippen LogP contribution in [0, 0.1) is 39.0 Å². The number of carbonyl (C=O) groups excluding carboxylic acids is 1. The largest absolute Gasteiger partial charge is 0.465 e. The van der Waals surface area contributed by atoms with Gasteiger partial charge in [-0.15, -0.1) is 0 Å². The first-order chi connectivity index (χ1) is 7.45.